The van der Waals surface area contributed by atoms with Crippen LogP contribution in [0.15, 0.2) is 42.5 Å². The molecule has 6 nitrogen and oxygen atoms in total. The Morgan fingerprint density at radius 2 is 1.84 bits per heavy atom. The van der Waals surface area contributed by atoms with Crippen LogP contribution in [0.25, 0.3) is 0 Å². The van der Waals surface area contributed by atoms with Gasteiger partial charge in [0.1, 0.15) is 11.6 Å². The van der Waals surface area contributed by atoms with Crippen molar-refractivity contribution in [3.63, 3.8) is 0 Å². The lowest BCUT2D eigenvalue weighted by Crippen LogP contribution is -2.34. The number of carbonyl (C=O) groups excluding carboxylic acids is 3. The quantitative estimate of drug-likeness (QED) is 0.824. The third-order valence-corrected chi connectivity index (χ3v) is 3.33. The number of para-hydroxylation sites is 1. The Morgan fingerprint density at radius 3 is 2.52 bits per heavy atom. The number of amides is 2. The number of rotatable bonds is 5. The van der Waals surface area contributed by atoms with Gasteiger partial charge in [-0.2, -0.15) is 0 Å². The van der Waals surface area contributed by atoms with Crippen molar-refractivity contribution in [2.75, 3.05) is 13.7 Å². The molecule has 0 bridgehead atoms. The highest BCUT2D eigenvalue weighted by Gasteiger charge is 2.18. The van der Waals surface area contributed by atoms with E-state index in [0.717, 1.165) is 12.1 Å². The van der Waals surface area contributed by atoms with E-state index >= 15 is 0 Å². The molecule has 0 atom stereocenters. The number of methoxy groups -OCH3 is 1. The van der Waals surface area contributed by atoms with Gasteiger partial charge in [-0.05, 0) is 30.3 Å². The van der Waals surface area contributed by atoms with E-state index in [4.69, 9.17) is 16.3 Å². The minimum atomic E-state index is -1.05. The summed E-state index contributed by atoms with van der Waals surface area (Å²) in [5.41, 5.74) is -0.221. The maximum absolute atomic E-state index is 13.6. The van der Waals surface area contributed by atoms with Crippen LogP contribution in [0.4, 0.5) is 4.39 Å². The van der Waals surface area contributed by atoms with Gasteiger partial charge in [0.25, 0.3) is 11.8 Å². The number of imide groups is 1. The lowest BCUT2D eigenvalue weighted by atomic mass is 10.2. The molecule has 0 radical (unpaired) electrons. The first kappa shape index (κ1) is 18.4. The molecular weight excluding hydrogens is 353 g/mol. The molecule has 2 aromatic carbocycles. The highest BCUT2D eigenvalue weighted by molar-refractivity contribution is 6.30. The zero-order valence-corrected chi connectivity index (χ0v) is 13.8. The van der Waals surface area contributed by atoms with Gasteiger partial charge < -0.3 is 9.47 Å². The Labute approximate surface area is 147 Å². The highest BCUT2D eigenvalue weighted by atomic mass is 35.5. The number of carbonyl (C=O) groups is 3. The van der Waals surface area contributed by atoms with Gasteiger partial charge in [0.15, 0.2) is 6.61 Å². The molecular formula is C17H13ClFNO5. The van der Waals surface area contributed by atoms with Crippen molar-refractivity contribution in [1.82, 2.24) is 5.32 Å². The minimum absolute atomic E-state index is 0.120. The average Bonchev–Trinajstić information content (AvgIpc) is 2.59. The summed E-state index contributed by atoms with van der Waals surface area (Å²) in [4.78, 5) is 35.5. The predicted octanol–water partition coefficient (Wildman–Crippen LogP) is 2.60. The molecule has 0 saturated heterocycles. The van der Waals surface area contributed by atoms with Crippen LogP contribution in [0.5, 0.6) is 5.75 Å². The van der Waals surface area contributed by atoms with Crippen molar-refractivity contribution in [2.24, 2.45) is 0 Å². The molecule has 130 valence electrons. The number of ether oxygens (including phenoxy) is 2. The highest BCUT2D eigenvalue weighted by Crippen LogP contribution is 2.17. The summed E-state index contributed by atoms with van der Waals surface area (Å²) >= 11 is 5.59. The largest absolute Gasteiger partial charge is 0.496 e. The SMILES string of the molecule is COc1ccccc1C(=O)NC(=O)COC(=O)c1ccc(Cl)cc1F. The molecule has 0 aromatic heterocycles. The molecule has 0 heterocycles. The second-order valence-electron chi connectivity index (χ2n) is 4.78. The lowest BCUT2D eigenvalue weighted by Gasteiger charge is -2.09. The number of nitrogens with one attached hydrogen (secondary N) is 1. The molecule has 0 fully saturated rings. The van der Waals surface area contributed by atoms with E-state index in [1.54, 1.807) is 18.2 Å². The Hall–Kier alpha value is -2.93. The fourth-order valence-corrected chi connectivity index (χ4v) is 2.08. The second kappa shape index (κ2) is 8.25. The summed E-state index contributed by atoms with van der Waals surface area (Å²) in [7, 11) is 1.39. The number of benzene rings is 2. The van der Waals surface area contributed by atoms with E-state index < -0.39 is 30.2 Å². The normalized spacial score (nSPS) is 10.0. The van der Waals surface area contributed by atoms with Gasteiger partial charge in [-0.1, -0.05) is 23.7 Å². The van der Waals surface area contributed by atoms with E-state index in [2.05, 4.69) is 10.1 Å². The number of esters is 1. The third kappa shape index (κ3) is 4.77. The van der Waals surface area contributed by atoms with Gasteiger partial charge >= 0.3 is 5.97 Å². The summed E-state index contributed by atoms with van der Waals surface area (Å²) in [5, 5.41) is 2.17. The lowest BCUT2D eigenvalue weighted by molar-refractivity contribution is -0.123. The van der Waals surface area contributed by atoms with E-state index in [0.29, 0.717) is 0 Å². The Kier molecular flexibility index (Phi) is 6.08. The van der Waals surface area contributed by atoms with Crippen molar-refractivity contribution >= 4 is 29.4 Å². The molecule has 0 aliphatic rings. The average molecular weight is 366 g/mol. The second-order valence-corrected chi connectivity index (χ2v) is 5.21. The first-order valence-corrected chi connectivity index (χ1v) is 7.39. The van der Waals surface area contributed by atoms with Gasteiger partial charge in [-0.15, -0.1) is 0 Å². The van der Waals surface area contributed by atoms with Gasteiger partial charge in [-0.25, -0.2) is 9.18 Å². The topological polar surface area (TPSA) is 81.7 Å². The van der Waals surface area contributed by atoms with Crippen LogP contribution in [-0.2, 0) is 9.53 Å². The smallest absolute Gasteiger partial charge is 0.341 e. The van der Waals surface area contributed by atoms with E-state index in [-0.39, 0.29) is 21.9 Å². The Balaban J connectivity index is 1.94. The molecule has 0 spiro atoms. The van der Waals surface area contributed by atoms with Crippen LogP contribution in [0, 0.1) is 5.82 Å². The molecule has 0 saturated carbocycles. The Morgan fingerprint density at radius 1 is 1.12 bits per heavy atom. The molecule has 0 aliphatic carbocycles. The fourth-order valence-electron chi connectivity index (χ4n) is 1.93. The third-order valence-electron chi connectivity index (χ3n) is 3.09. The Bertz CT molecular complexity index is 824. The number of hydrogen-bond acceptors (Lipinski definition) is 5. The number of hydrogen-bond donors (Lipinski definition) is 1. The summed E-state index contributed by atoms with van der Waals surface area (Å²) in [5.74, 6) is -3.21. The van der Waals surface area contributed by atoms with Crippen LogP contribution in [-0.4, -0.2) is 31.5 Å². The molecule has 2 amide bonds. The summed E-state index contributed by atoms with van der Waals surface area (Å²) in [6.07, 6.45) is 0. The van der Waals surface area contributed by atoms with Crippen molar-refractivity contribution in [2.45, 2.75) is 0 Å². The maximum Gasteiger partial charge on any atom is 0.341 e. The standard InChI is InChI=1S/C17H13ClFNO5/c1-24-14-5-3-2-4-12(14)16(22)20-15(21)9-25-17(23)11-7-6-10(18)8-13(11)19/h2-8H,9H2,1H3,(H,20,21,22). The van der Waals surface area contributed by atoms with E-state index in [1.165, 1.54) is 19.2 Å². The zero-order chi connectivity index (χ0) is 18.4. The van der Waals surface area contributed by atoms with Gasteiger partial charge in [0, 0.05) is 5.02 Å². The predicted molar refractivity (Wildman–Crippen MR) is 87.2 cm³/mol. The minimum Gasteiger partial charge on any atom is -0.496 e. The monoisotopic (exact) mass is 365 g/mol. The van der Waals surface area contributed by atoms with Crippen molar-refractivity contribution in [3.05, 3.63) is 64.4 Å². The van der Waals surface area contributed by atoms with E-state index in [1.807, 2.05) is 0 Å². The zero-order valence-electron chi connectivity index (χ0n) is 13.0. The fraction of sp³-hybridized carbons (Fsp3) is 0.118. The van der Waals surface area contributed by atoms with Crippen molar-refractivity contribution in [3.8, 4) is 5.75 Å². The summed E-state index contributed by atoms with van der Waals surface area (Å²) < 4.78 is 23.3. The van der Waals surface area contributed by atoms with Gasteiger partial charge in [0.05, 0.1) is 18.2 Å². The first-order valence-electron chi connectivity index (χ1n) is 7.01. The molecule has 2 rings (SSSR count). The molecule has 25 heavy (non-hydrogen) atoms. The van der Waals surface area contributed by atoms with Crippen LogP contribution < -0.4 is 10.1 Å². The summed E-state index contributed by atoms with van der Waals surface area (Å²) in [6.45, 7) is -0.748. The van der Waals surface area contributed by atoms with Crippen LogP contribution in [0.1, 0.15) is 20.7 Å². The van der Waals surface area contributed by atoms with E-state index in [9.17, 15) is 18.8 Å². The molecule has 0 aliphatic heterocycles. The molecule has 0 unspecified atom stereocenters. The maximum atomic E-state index is 13.6. The van der Waals surface area contributed by atoms with Crippen LogP contribution >= 0.6 is 11.6 Å². The van der Waals surface area contributed by atoms with Crippen LogP contribution in [0.2, 0.25) is 5.02 Å². The van der Waals surface area contributed by atoms with Gasteiger partial charge in [0.2, 0.25) is 0 Å². The molecule has 1 N–H and O–H groups in total. The summed E-state index contributed by atoms with van der Waals surface area (Å²) in [6, 6.07) is 9.69. The first-order chi connectivity index (χ1) is 11.9. The van der Waals surface area contributed by atoms with Crippen molar-refractivity contribution in [1.29, 1.82) is 0 Å². The molecule has 8 heteroatoms. The van der Waals surface area contributed by atoms with Gasteiger partial charge in [-0.3, -0.25) is 14.9 Å². The number of halogens is 2. The molecule has 2 aromatic rings. The van der Waals surface area contributed by atoms with Crippen LogP contribution in [0.3, 0.4) is 0 Å². The van der Waals surface area contributed by atoms with Crippen molar-refractivity contribution < 1.29 is 28.2 Å².